The van der Waals surface area contributed by atoms with E-state index in [2.05, 4.69) is 20.3 Å². The van der Waals surface area contributed by atoms with E-state index in [1.807, 2.05) is 16.7 Å². The zero-order chi connectivity index (χ0) is 26.0. The first kappa shape index (κ1) is 25.5. The maximum atomic E-state index is 13.6. The van der Waals surface area contributed by atoms with Crippen molar-refractivity contribution in [3.63, 3.8) is 0 Å². The minimum Gasteiger partial charge on any atom is -0.465 e. The number of benzene rings is 2. The van der Waals surface area contributed by atoms with Crippen molar-refractivity contribution in [1.29, 1.82) is 0 Å². The molecule has 36 heavy (non-hydrogen) atoms. The summed E-state index contributed by atoms with van der Waals surface area (Å²) < 4.78 is 47.3. The lowest BCUT2D eigenvalue weighted by molar-refractivity contribution is -0.136. The third-order valence-corrected chi connectivity index (χ3v) is 6.27. The normalized spacial score (nSPS) is 15.7. The van der Waals surface area contributed by atoms with Crippen LogP contribution in [0, 0.1) is 6.92 Å². The maximum Gasteiger partial charge on any atom is 0.418 e. The quantitative estimate of drug-likeness (QED) is 0.450. The van der Waals surface area contributed by atoms with Crippen molar-refractivity contribution in [1.82, 2.24) is 19.7 Å². The Labute approximate surface area is 210 Å². The molecule has 0 aliphatic carbocycles. The average Bonchev–Trinajstić information content (AvgIpc) is 3.46. The van der Waals surface area contributed by atoms with Gasteiger partial charge in [0, 0.05) is 11.6 Å². The molecule has 1 aliphatic rings. The number of urea groups is 1. The first-order valence-electron chi connectivity index (χ1n) is 11.1. The van der Waals surface area contributed by atoms with Crippen molar-refractivity contribution in [3.05, 3.63) is 75.8 Å². The zero-order valence-corrected chi connectivity index (χ0v) is 20.2. The second-order valence-electron chi connectivity index (χ2n) is 8.35. The summed E-state index contributed by atoms with van der Waals surface area (Å²) >= 11 is 5.98. The monoisotopic (exact) mass is 521 g/mol. The number of aryl methyl sites for hydroxylation is 1. The van der Waals surface area contributed by atoms with Crippen LogP contribution in [0.25, 0.3) is 0 Å². The highest BCUT2D eigenvalue weighted by atomic mass is 35.5. The third-order valence-electron chi connectivity index (χ3n) is 6.02. The van der Waals surface area contributed by atoms with Crippen molar-refractivity contribution in [3.8, 4) is 0 Å². The number of likely N-dealkylation sites (tertiary alicyclic amines) is 1. The van der Waals surface area contributed by atoms with Crippen molar-refractivity contribution in [2.75, 3.05) is 19.0 Å². The molecule has 8 nitrogen and oxygen atoms in total. The molecular formula is C24H23ClF3N5O3. The Balaban J connectivity index is 1.61. The highest BCUT2D eigenvalue weighted by Gasteiger charge is 2.37. The molecule has 0 unspecified atom stereocenters. The number of alkyl halides is 3. The molecule has 1 saturated heterocycles. The van der Waals surface area contributed by atoms with E-state index in [0.29, 0.717) is 42.6 Å². The van der Waals surface area contributed by atoms with Crippen molar-refractivity contribution in [2.24, 2.45) is 0 Å². The summed E-state index contributed by atoms with van der Waals surface area (Å²) in [7, 11) is 1.12. The van der Waals surface area contributed by atoms with E-state index in [1.54, 1.807) is 19.1 Å². The number of methoxy groups -OCH3 is 1. The number of hydrogen-bond donors (Lipinski definition) is 1. The minimum atomic E-state index is -4.74. The number of esters is 1. The molecule has 1 fully saturated rings. The Morgan fingerprint density at radius 2 is 1.89 bits per heavy atom. The molecule has 1 atom stereocenters. The summed E-state index contributed by atoms with van der Waals surface area (Å²) in [4.78, 5) is 26.5. The molecular weight excluding hydrogens is 499 g/mol. The van der Waals surface area contributed by atoms with Crippen LogP contribution in [0.4, 0.5) is 23.7 Å². The largest absolute Gasteiger partial charge is 0.465 e. The number of rotatable bonds is 5. The summed E-state index contributed by atoms with van der Waals surface area (Å²) in [6, 6.07) is 8.78. The second kappa shape index (κ2) is 10.2. The topological polar surface area (TPSA) is 89.3 Å². The summed E-state index contributed by atoms with van der Waals surface area (Å²) in [5, 5.41) is 11.4. The fourth-order valence-electron chi connectivity index (χ4n) is 4.22. The van der Waals surface area contributed by atoms with Crippen LogP contribution in [0.15, 0.2) is 42.5 Å². The van der Waals surface area contributed by atoms with Gasteiger partial charge in [0.15, 0.2) is 5.82 Å². The highest BCUT2D eigenvalue weighted by Crippen LogP contribution is 2.37. The molecule has 0 bridgehead atoms. The van der Waals surface area contributed by atoms with Crippen LogP contribution in [0.5, 0.6) is 0 Å². The smallest absolute Gasteiger partial charge is 0.418 e. The molecule has 1 aliphatic heterocycles. The Morgan fingerprint density at radius 3 is 2.56 bits per heavy atom. The van der Waals surface area contributed by atoms with Crippen molar-refractivity contribution >= 4 is 29.3 Å². The van der Waals surface area contributed by atoms with E-state index in [-0.39, 0.29) is 5.56 Å². The summed E-state index contributed by atoms with van der Waals surface area (Å²) in [6.45, 7) is 2.55. The number of nitrogens with one attached hydrogen (secondary N) is 1. The van der Waals surface area contributed by atoms with Gasteiger partial charge in [-0.2, -0.15) is 13.2 Å². The van der Waals surface area contributed by atoms with E-state index in [9.17, 15) is 22.8 Å². The number of aromatic nitrogens is 3. The molecule has 1 aromatic heterocycles. The van der Waals surface area contributed by atoms with Gasteiger partial charge >= 0.3 is 18.2 Å². The number of amides is 2. The lowest BCUT2D eigenvalue weighted by Gasteiger charge is -2.26. The molecule has 2 aromatic carbocycles. The van der Waals surface area contributed by atoms with Crippen molar-refractivity contribution in [2.45, 2.75) is 38.5 Å². The number of nitrogens with zero attached hydrogens (tertiary/aromatic N) is 4. The first-order chi connectivity index (χ1) is 17.1. The van der Waals surface area contributed by atoms with Gasteiger partial charge in [0.2, 0.25) is 0 Å². The number of carbonyl (C=O) groups is 2. The van der Waals surface area contributed by atoms with E-state index in [1.165, 1.54) is 4.90 Å². The van der Waals surface area contributed by atoms with Gasteiger partial charge in [-0.05, 0) is 55.7 Å². The molecule has 12 heteroatoms. The molecule has 0 spiro atoms. The Bertz CT molecular complexity index is 1280. The molecule has 2 heterocycles. The van der Waals surface area contributed by atoms with E-state index in [4.69, 9.17) is 11.6 Å². The molecule has 4 rings (SSSR count). The zero-order valence-electron chi connectivity index (χ0n) is 19.5. The van der Waals surface area contributed by atoms with Crippen LogP contribution in [-0.2, 0) is 17.5 Å². The Morgan fingerprint density at radius 1 is 1.17 bits per heavy atom. The van der Waals surface area contributed by atoms with Crippen molar-refractivity contribution < 1.29 is 27.5 Å². The predicted molar refractivity (Wildman–Crippen MR) is 126 cm³/mol. The standard InChI is InChI=1S/C24H23ClF3N5O3/c1-14-30-31-21(33(14)13-15-5-8-17(25)9-6-15)20-4-3-11-32(20)23(35)29-19-12-16(22(34)36-2)7-10-18(19)24(26,27)28/h5-10,12,20H,3-4,11,13H2,1-2H3,(H,29,35)/t20-/m1/s1. The fraction of sp³-hybridized carbons (Fsp3) is 0.333. The molecule has 0 radical (unpaired) electrons. The van der Waals surface area contributed by atoms with E-state index >= 15 is 0 Å². The molecule has 2 amide bonds. The summed E-state index contributed by atoms with van der Waals surface area (Å²) in [5.74, 6) is 0.357. The highest BCUT2D eigenvalue weighted by molar-refractivity contribution is 6.30. The number of anilines is 1. The van der Waals surface area contributed by atoms with Gasteiger partial charge in [-0.15, -0.1) is 10.2 Å². The number of hydrogen-bond acceptors (Lipinski definition) is 5. The average molecular weight is 522 g/mol. The summed E-state index contributed by atoms with van der Waals surface area (Å²) in [5.41, 5.74) is -0.759. The molecule has 1 N–H and O–H groups in total. The van der Waals surface area contributed by atoms with Crippen LogP contribution in [0.1, 0.15) is 52.0 Å². The van der Waals surface area contributed by atoms with Crippen LogP contribution >= 0.6 is 11.6 Å². The van der Waals surface area contributed by atoms with E-state index < -0.39 is 35.5 Å². The Hall–Kier alpha value is -3.60. The fourth-order valence-corrected chi connectivity index (χ4v) is 4.34. The van der Waals surface area contributed by atoms with E-state index in [0.717, 1.165) is 30.9 Å². The van der Waals surface area contributed by atoms with Crippen LogP contribution in [0.2, 0.25) is 5.02 Å². The lowest BCUT2D eigenvalue weighted by Crippen LogP contribution is -2.36. The predicted octanol–water partition coefficient (Wildman–Crippen LogP) is 5.46. The number of halogens is 4. The van der Waals surface area contributed by atoms with Gasteiger partial charge in [0.1, 0.15) is 5.82 Å². The SMILES string of the molecule is COC(=O)c1ccc(C(F)(F)F)c(NC(=O)N2CCC[C@@H]2c2nnc(C)n2Cc2ccc(Cl)cc2)c1. The minimum absolute atomic E-state index is 0.114. The van der Waals surface area contributed by atoms with Gasteiger partial charge in [0.25, 0.3) is 0 Å². The van der Waals surface area contributed by atoms with Crippen LogP contribution in [-0.4, -0.2) is 45.3 Å². The van der Waals surface area contributed by atoms with Gasteiger partial charge in [-0.1, -0.05) is 23.7 Å². The van der Waals surface area contributed by atoms with Gasteiger partial charge in [-0.3, -0.25) is 0 Å². The Kier molecular flexibility index (Phi) is 7.21. The van der Waals surface area contributed by atoms with Gasteiger partial charge in [-0.25, -0.2) is 9.59 Å². The molecule has 190 valence electrons. The molecule has 3 aromatic rings. The van der Waals surface area contributed by atoms with Gasteiger partial charge < -0.3 is 19.5 Å². The first-order valence-corrected chi connectivity index (χ1v) is 11.5. The van der Waals surface area contributed by atoms with Crippen LogP contribution < -0.4 is 5.32 Å². The van der Waals surface area contributed by atoms with Crippen LogP contribution in [0.3, 0.4) is 0 Å². The second-order valence-corrected chi connectivity index (χ2v) is 8.79. The molecule has 0 saturated carbocycles. The van der Waals surface area contributed by atoms with Gasteiger partial charge in [0.05, 0.1) is 36.5 Å². The number of ether oxygens (including phenoxy) is 1. The third kappa shape index (κ3) is 5.30. The number of carbonyl (C=O) groups excluding carboxylic acids is 2. The summed E-state index contributed by atoms with van der Waals surface area (Å²) in [6.07, 6.45) is -3.53. The maximum absolute atomic E-state index is 13.6. The lowest BCUT2D eigenvalue weighted by atomic mass is 10.1.